The van der Waals surface area contributed by atoms with E-state index >= 15 is 0 Å². The van der Waals surface area contributed by atoms with Gasteiger partial charge in [-0.15, -0.1) is 0 Å². The molecule has 0 aromatic heterocycles. The molecule has 0 aliphatic carbocycles. The van der Waals surface area contributed by atoms with Crippen molar-refractivity contribution in [2.45, 2.75) is 13.0 Å². The zero-order valence-corrected chi connectivity index (χ0v) is 10.2. The maximum absolute atomic E-state index is 13.0. The first kappa shape index (κ1) is 12.9. The average molecular weight is 291 g/mol. The lowest BCUT2D eigenvalue weighted by Crippen LogP contribution is -2.30. The van der Waals surface area contributed by atoms with Gasteiger partial charge >= 0.3 is 0 Å². The third-order valence-corrected chi connectivity index (χ3v) is 2.55. The number of rotatable bonds is 3. The van der Waals surface area contributed by atoms with E-state index in [0.717, 1.165) is 6.07 Å². The Morgan fingerprint density at radius 3 is 2.88 bits per heavy atom. The van der Waals surface area contributed by atoms with Crippen molar-refractivity contribution in [3.8, 4) is 0 Å². The van der Waals surface area contributed by atoms with E-state index in [4.69, 9.17) is 10.8 Å². The molecule has 1 rings (SSSR count). The third kappa shape index (κ3) is 3.18. The Morgan fingerprint density at radius 1 is 1.69 bits per heavy atom. The van der Waals surface area contributed by atoms with E-state index in [9.17, 15) is 9.18 Å². The molecule has 4 N–H and O–H groups in total. The number of carbonyl (C=O) groups is 1. The molecule has 1 aromatic carbocycles. The maximum Gasteiger partial charge on any atom is 0.252 e. The van der Waals surface area contributed by atoms with Crippen LogP contribution in [-0.4, -0.2) is 23.7 Å². The molecule has 4 nitrogen and oxygen atoms in total. The second-order valence-corrected chi connectivity index (χ2v) is 4.27. The standard InChI is InChI=1S/C10H12BrFN2O2/c1-5(15)4-14-10(16)6-2-9(13)8(12)3-7(6)11/h2-3,5,15H,4,13H2,1H3,(H,14,16). The first-order valence-electron chi connectivity index (χ1n) is 4.62. The summed E-state index contributed by atoms with van der Waals surface area (Å²) in [6, 6.07) is 2.38. The number of aliphatic hydroxyl groups is 1. The smallest absolute Gasteiger partial charge is 0.252 e. The number of anilines is 1. The Kier molecular flexibility index (Phi) is 4.26. The fraction of sp³-hybridized carbons (Fsp3) is 0.300. The van der Waals surface area contributed by atoms with E-state index in [-0.39, 0.29) is 17.8 Å². The normalized spacial score (nSPS) is 12.2. The highest BCUT2D eigenvalue weighted by atomic mass is 79.9. The Bertz CT molecular complexity index is 410. The van der Waals surface area contributed by atoms with Gasteiger partial charge in [0.05, 0.1) is 17.4 Å². The molecule has 0 saturated carbocycles. The summed E-state index contributed by atoms with van der Waals surface area (Å²) in [6.07, 6.45) is -0.638. The minimum atomic E-state index is -0.638. The number of hydrogen-bond acceptors (Lipinski definition) is 3. The van der Waals surface area contributed by atoms with Crippen LogP contribution in [0.15, 0.2) is 16.6 Å². The number of aliphatic hydroxyl groups excluding tert-OH is 1. The van der Waals surface area contributed by atoms with Crippen molar-refractivity contribution in [2.75, 3.05) is 12.3 Å². The Hall–Kier alpha value is -1.14. The van der Waals surface area contributed by atoms with E-state index in [2.05, 4.69) is 21.2 Å². The van der Waals surface area contributed by atoms with Crippen LogP contribution in [0.4, 0.5) is 10.1 Å². The van der Waals surface area contributed by atoms with Gasteiger partial charge in [-0.2, -0.15) is 0 Å². The van der Waals surface area contributed by atoms with Gasteiger partial charge in [-0.3, -0.25) is 4.79 Å². The Balaban J connectivity index is 2.87. The summed E-state index contributed by atoms with van der Waals surface area (Å²) in [7, 11) is 0. The zero-order chi connectivity index (χ0) is 12.3. The summed E-state index contributed by atoms with van der Waals surface area (Å²) < 4.78 is 13.3. The molecule has 0 aliphatic heterocycles. The lowest BCUT2D eigenvalue weighted by molar-refractivity contribution is 0.0923. The number of halogens is 2. The molecule has 0 aliphatic rings. The van der Waals surface area contributed by atoms with Crippen molar-refractivity contribution < 1.29 is 14.3 Å². The molecule has 0 heterocycles. The van der Waals surface area contributed by atoms with E-state index < -0.39 is 17.8 Å². The van der Waals surface area contributed by atoms with Crippen molar-refractivity contribution in [1.29, 1.82) is 0 Å². The van der Waals surface area contributed by atoms with Crippen LogP contribution < -0.4 is 11.1 Å². The van der Waals surface area contributed by atoms with Crippen LogP contribution in [-0.2, 0) is 0 Å². The molecule has 1 aromatic rings. The minimum Gasteiger partial charge on any atom is -0.396 e. The van der Waals surface area contributed by atoms with Gasteiger partial charge in [0.25, 0.3) is 5.91 Å². The van der Waals surface area contributed by atoms with Gasteiger partial charge in [-0.1, -0.05) is 0 Å². The van der Waals surface area contributed by atoms with Crippen molar-refractivity contribution in [3.05, 3.63) is 28.0 Å². The number of nitrogens with one attached hydrogen (secondary N) is 1. The topological polar surface area (TPSA) is 75.3 Å². The van der Waals surface area contributed by atoms with Crippen molar-refractivity contribution >= 4 is 27.5 Å². The first-order chi connectivity index (χ1) is 7.41. The van der Waals surface area contributed by atoms with Gasteiger partial charge < -0.3 is 16.2 Å². The maximum atomic E-state index is 13.0. The number of benzene rings is 1. The van der Waals surface area contributed by atoms with Gasteiger partial charge in [0.2, 0.25) is 0 Å². The molecule has 0 radical (unpaired) electrons. The molecule has 0 fully saturated rings. The van der Waals surface area contributed by atoms with Gasteiger partial charge in [-0.05, 0) is 35.0 Å². The molecule has 88 valence electrons. The predicted molar refractivity (Wildman–Crippen MR) is 62.5 cm³/mol. The summed E-state index contributed by atoms with van der Waals surface area (Å²) in [5, 5.41) is 11.5. The van der Waals surface area contributed by atoms with Crippen LogP contribution >= 0.6 is 15.9 Å². The van der Waals surface area contributed by atoms with Crippen LogP contribution in [0.5, 0.6) is 0 Å². The average Bonchev–Trinajstić information content (AvgIpc) is 2.20. The molecule has 1 amide bonds. The fourth-order valence-electron chi connectivity index (χ4n) is 1.08. The lowest BCUT2D eigenvalue weighted by atomic mass is 10.2. The monoisotopic (exact) mass is 290 g/mol. The van der Waals surface area contributed by atoms with Crippen molar-refractivity contribution in [3.63, 3.8) is 0 Å². The molecule has 0 bridgehead atoms. The van der Waals surface area contributed by atoms with Gasteiger partial charge in [0.15, 0.2) is 0 Å². The van der Waals surface area contributed by atoms with Gasteiger partial charge in [-0.25, -0.2) is 4.39 Å². The van der Waals surface area contributed by atoms with Gasteiger partial charge in [0.1, 0.15) is 5.82 Å². The summed E-state index contributed by atoms with van der Waals surface area (Å²) in [6.45, 7) is 1.68. The highest BCUT2D eigenvalue weighted by molar-refractivity contribution is 9.10. The van der Waals surface area contributed by atoms with E-state index in [0.29, 0.717) is 4.47 Å². The number of carbonyl (C=O) groups excluding carboxylic acids is 1. The molecule has 0 saturated heterocycles. The van der Waals surface area contributed by atoms with Crippen molar-refractivity contribution in [1.82, 2.24) is 5.32 Å². The quantitative estimate of drug-likeness (QED) is 0.734. The second-order valence-electron chi connectivity index (χ2n) is 3.41. The fourth-order valence-corrected chi connectivity index (χ4v) is 1.57. The first-order valence-corrected chi connectivity index (χ1v) is 5.42. The second kappa shape index (κ2) is 5.27. The largest absolute Gasteiger partial charge is 0.396 e. The van der Waals surface area contributed by atoms with Gasteiger partial charge in [0, 0.05) is 11.0 Å². The Labute approximate surface area is 101 Å². The third-order valence-electron chi connectivity index (χ3n) is 1.89. The summed E-state index contributed by atoms with van der Waals surface area (Å²) >= 11 is 3.07. The van der Waals surface area contributed by atoms with Crippen LogP contribution in [0, 0.1) is 5.82 Å². The Morgan fingerprint density at radius 2 is 2.31 bits per heavy atom. The zero-order valence-electron chi connectivity index (χ0n) is 8.63. The van der Waals surface area contributed by atoms with Crippen LogP contribution in [0.3, 0.4) is 0 Å². The van der Waals surface area contributed by atoms with Crippen LogP contribution in [0.2, 0.25) is 0 Å². The number of nitrogens with two attached hydrogens (primary N) is 1. The number of nitrogen functional groups attached to an aromatic ring is 1. The molecule has 1 atom stereocenters. The SMILES string of the molecule is CC(O)CNC(=O)c1cc(N)c(F)cc1Br. The summed E-state index contributed by atoms with van der Waals surface area (Å²) in [4.78, 5) is 11.6. The van der Waals surface area contributed by atoms with E-state index in [1.165, 1.54) is 6.07 Å². The molecule has 16 heavy (non-hydrogen) atoms. The van der Waals surface area contributed by atoms with Crippen molar-refractivity contribution in [2.24, 2.45) is 0 Å². The molecule has 0 spiro atoms. The van der Waals surface area contributed by atoms with Crippen LogP contribution in [0.25, 0.3) is 0 Å². The van der Waals surface area contributed by atoms with Crippen LogP contribution in [0.1, 0.15) is 17.3 Å². The summed E-state index contributed by atoms with van der Waals surface area (Å²) in [5.41, 5.74) is 5.50. The molecular formula is C10H12BrFN2O2. The molecule has 6 heteroatoms. The highest BCUT2D eigenvalue weighted by Gasteiger charge is 2.13. The summed E-state index contributed by atoms with van der Waals surface area (Å²) in [5.74, 6) is -1.00. The highest BCUT2D eigenvalue weighted by Crippen LogP contribution is 2.22. The molecular weight excluding hydrogens is 279 g/mol. The predicted octanol–water partition coefficient (Wildman–Crippen LogP) is 1.28. The number of hydrogen-bond donors (Lipinski definition) is 3. The lowest BCUT2D eigenvalue weighted by Gasteiger charge is -2.09. The molecule has 1 unspecified atom stereocenters. The minimum absolute atomic E-state index is 0.0922. The van der Waals surface area contributed by atoms with E-state index in [1.807, 2.05) is 0 Å². The number of amides is 1. The van der Waals surface area contributed by atoms with E-state index in [1.54, 1.807) is 6.92 Å².